The first-order chi connectivity index (χ1) is 13.9. The molecule has 3 N–H and O–H groups in total. The van der Waals surface area contributed by atoms with Gasteiger partial charge in [-0.15, -0.1) is 0 Å². The molecule has 0 radical (unpaired) electrons. The molecular formula is C21H28N6O2. The van der Waals surface area contributed by atoms with Crippen LogP contribution in [0.25, 0.3) is 0 Å². The molecule has 1 aliphatic carbocycles. The molecule has 0 unspecified atom stereocenters. The third kappa shape index (κ3) is 5.33. The summed E-state index contributed by atoms with van der Waals surface area (Å²) in [7, 11) is 1.62. The lowest BCUT2D eigenvalue weighted by Gasteiger charge is -2.40. The van der Waals surface area contributed by atoms with Gasteiger partial charge in [0, 0.05) is 18.8 Å². The van der Waals surface area contributed by atoms with Crippen LogP contribution in [0.4, 0.5) is 11.8 Å². The van der Waals surface area contributed by atoms with Crippen LogP contribution in [0.5, 0.6) is 5.75 Å². The molecule has 1 saturated carbocycles. The van der Waals surface area contributed by atoms with Gasteiger partial charge in [0.05, 0.1) is 25.6 Å². The number of anilines is 2. The number of aliphatic hydroxyl groups is 1. The lowest BCUT2D eigenvalue weighted by atomic mass is 9.73. The smallest absolute Gasteiger partial charge is 0.224 e. The molecule has 2 aromatic rings. The number of pyridine rings is 1. The van der Waals surface area contributed by atoms with Crippen LogP contribution in [0.1, 0.15) is 44.2 Å². The maximum atomic E-state index is 10.2. The molecule has 8 heteroatoms. The van der Waals surface area contributed by atoms with Gasteiger partial charge >= 0.3 is 0 Å². The van der Waals surface area contributed by atoms with E-state index in [0.29, 0.717) is 23.9 Å². The van der Waals surface area contributed by atoms with E-state index in [4.69, 9.17) is 4.74 Å². The number of hydrogen-bond donors (Lipinski definition) is 3. The van der Waals surface area contributed by atoms with Crippen LogP contribution in [-0.4, -0.2) is 45.9 Å². The van der Waals surface area contributed by atoms with Gasteiger partial charge < -0.3 is 20.5 Å². The Morgan fingerprint density at radius 1 is 1.31 bits per heavy atom. The van der Waals surface area contributed by atoms with Crippen LogP contribution in [0.15, 0.2) is 24.7 Å². The van der Waals surface area contributed by atoms with Gasteiger partial charge in [-0.3, -0.25) is 4.98 Å². The summed E-state index contributed by atoms with van der Waals surface area (Å²) in [6, 6.07) is 4.25. The van der Waals surface area contributed by atoms with Crippen molar-refractivity contribution < 1.29 is 9.84 Å². The summed E-state index contributed by atoms with van der Waals surface area (Å²) in [5.74, 6) is 1.73. The van der Waals surface area contributed by atoms with Gasteiger partial charge in [0.2, 0.25) is 5.95 Å². The van der Waals surface area contributed by atoms with Crippen molar-refractivity contribution >= 4 is 11.8 Å². The number of methoxy groups -OCH3 is 1. The van der Waals surface area contributed by atoms with Crippen LogP contribution in [0.3, 0.4) is 0 Å². The minimum Gasteiger partial charge on any atom is -0.495 e. The molecule has 154 valence electrons. The Labute approximate surface area is 171 Å². The molecule has 8 nitrogen and oxygen atoms in total. The molecular weight excluding hydrogens is 368 g/mol. The highest BCUT2D eigenvalue weighted by atomic mass is 16.5. The molecule has 0 saturated heterocycles. The molecule has 3 rings (SSSR count). The second-order valence-electron chi connectivity index (χ2n) is 8.10. The van der Waals surface area contributed by atoms with Gasteiger partial charge in [-0.1, -0.05) is 13.8 Å². The molecule has 2 heterocycles. The van der Waals surface area contributed by atoms with E-state index < -0.39 is 0 Å². The van der Waals surface area contributed by atoms with Gasteiger partial charge in [0.15, 0.2) is 0 Å². The number of ether oxygens (including phenoxy) is 1. The number of rotatable bonds is 7. The zero-order valence-corrected chi connectivity index (χ0v) is 17.1. The highest BCUT2D eigenvalue weighted by Crippen LogP contribution is 2.36. The third-order valence-corrected chi connectivity index (χ3v) is 5.42. The van der Waals surface area contributed by atoms with Crippen LogP contribution in [0.2, 0.25) is 0 Å². The maximum Gasteiger partial charge on any atom is 0.224 e. The summed E-state index contributed by atoms with van der Waals surface area (Å²) < 4.78 is 5.19. The first-order valence-electron chi connectivity index (χ1n) is 9.85. The summed E-state index contributed by atoms with van der Waals surface area (Å²) in [6.45, 7) is 4.76. The second-order valence-corrected chi connectivity index (χ2v) is 8.10. The summed E-state index contributed by atoms with van der Waals surface area (Å²) in [5, 5.41) is 26.2. The van der Waals surface area contributed by atoms with Crippen molar-refractivity contribution in [3.8, 4) is 11.8 Å². The van der Waals surface area contributed by atoms with Crippen molar-refractivity contribution in [2.45, 2.75) is 51.7 Å². The van der Waals surface area contributed by atoms with E-state index in [1.165, 1.54) is 6.20 Å². The Morgan fingerprint density at radius 2 is 2.14 bits per heavy atom. The topological polar surface area (TPSA) is 116 Å². The van der Waals surface area contributed by atoms with Crippen molar-refractivity contribution in [1.29, 1.82) is 5.26 Å². The second kappa shape index (κ2) is 9.05. The first kappa shape index (κ1) is 20.8. The highest BCUT2D eigenvalue weighted by molar-refractivity contribution is 5.54. The molecule has 1 aliphatic rings. The maximum absolute atomic E-state index is 10.2. The van der Waals surface area contributed by atoms with Crippen molar-refractivity contribution in [1.82, 2.24) is 15.0 Å². The Hall–Kier alpha value is -2.92. The third-order valence-electron chi connectivity index (χ3n) is 5.42. The number of aliphatic hydroxyl groups excluding tert-OH is 1. The Morgan fingerprint density at radius 3 is 2.86 bits per heavy atom. The molecule has 0 bridgehead atoms. The van der Waals surface area contributed by atoms with Gasteiger partial charge in [0.1, 0.15) is 23.2 Å². The summed E-state index contributed by atoms with van der Waals surface area (Å²) >= 11 is 0. The number of hydrogen-bond acceptors (Lipinski definition) is 8. The quantitative estimate of drug-likeness (QED) is 0.654. The molecule has 0 aromatic carbocycles. The van der Waals surface area contributed by atoms with Gasteiger partial charge in [-0.2, -0.15) is 10.2 Å². The van der Waals surface area contributed by atoms with Crippen molar-refractivity contribution in [2.75, 3.05) is 24.3 Å². The zero-order chi connectivity index (χ0) is 20.9. The van der Waals surface area contributed by atoms with Crippen LogP contribution in [-0.2, 0) is 6.42 Å². The van der Waals surface area contributed by atoms with Crippen LogP contribution >= 0.6 is 0 Å². The molecule has 0 spiro atoms. The highest BCUT2D eigenvalue weighted by Gasteiger charge is 2.35. The van der Waals surface area contributed by atoms with Crippen molar-refractivity contribution in [3.05, 3.63) is 35.8 Å². The van der Waals surface area contributed by atoms with Crippen LogP contribution < -0.4 is 15.4 Å². The fourth-order valence-electron chi connectivity index (χ4n) is 3.63. The fraction of sp³-hybridized carbons (Fsp3) is 0.524. The van der Waals surface area contributed by atoms with E-state index in [1.54, 1.807) is 19.5 Å². The SMILES string of the molecule is COc1cncc(CCNc2ncc(C#N)c(N[C@@H]3CC[C@H](O)C(C)(C)C3)n2)c1. The Kier molecular flexibility index (Phi) is 6.49. The van der Waals surface area contributed by atoms with E-state index in [-0.39, 0.29) is 17.6 Å². The van der Waals surface area contributed by atoms with Gasteiger partial charge in [0.25, 0.3) is 0 Å². The van der Waals surface area contributed by atoms with E-state index in [2.05, 4.69) is 45.5 Å². The number of nitrogens with one attached hydrogen (secondary N) is 2. The van der Waals surface area contributed by atoms with E-state index in [0.717, 1.165) is 37.0 Å². The summed E-state index contributed by atoms with van der Waals surface area (Å²) in [4.78, 5) is 12.9. The first-order valence-corrected chi connectivity index (χ1v) is 9.85. The van der Waals surface area contributed by atoms with Gasteiger partial charge in [-0.05, 0) is 42.7 Å². The lowest BCUT2D eigenvalue weighted by molar-refractivity contribution is 0.00926. The standard InChI is InChI=1S/C21H28N6O2/c1-21(2)9-16(4-5-18(21)28)26-19-15(10-22)12-25-20(27-19)24-7-6-14-8-17(29-3)13-23-11-14/h8,11-13,16,18,28H,4-7,9H2,1-3H3,(H2,24,25,26,27)/t16-,18+/m1/s1. The van der Waals surface area contributed by atoms with E-state index >= 15 is 0 Å². The lowest BCUT2D eigenvalue weighted by Crippen LogP contribution is -2.41. The van der Waals surface area contributed by atoms with E-state index in [1.807, 2.05) is 6.07 Å². The number of nitrogens with zero attached hydrogens (tertiary/aromatic N) is 4. The minimum atomic E-state index is -0.301. The minimum absolute atomic E-state index is 0.158. The average Bonchev–Trinajstić information content (AvgIpc) is 2.71. The molecule has 0 aliphatic heterocycles. The normalized spacial score (nSPS) is 20.5. The molecule has 0 amide bonds. The molecule has 29 heavy (non-hydrogen) atoms. The monoisotopic (exact) mass is 396 g/mol. The van der Waals surface area contributed by atoms with E-state index in [9.17, 15) is 10.4 Å². The zero-order valence-electron chi connectivity index (χ0n) is 17.1. The van der Waals surface area contributed by atoms with Crippen molar-refractivity contribution in [2.24, 2.45) is 5.41 Å². The molecule has 1 fully saturated rings. The van der Waals surface area contributed by atoms with Crippen LogP contribution in [0, 0.1) is 16.7 Å². The summed E-state index contributed by atoms with van der Waals surface area (Å²) in [6.07, 6.45) is 7.83. The van der Waals surface area contributed by atoms with Crippen molar-refractivity contribution in [3.63, 3.8) is 0 Å². The predicted molar refractivity (Wildman–Crippen MR) is 111 cm³/mol. The average molecular weight is 396 g/mol. The predicted octanol–water partition coefficient (Wildman–Crippen LogP) is 2.76. The molecule has 2 aromatic heterocycles. The molecule has 2 atom stereocenters. The fourth-order valence-corrected chi connectivity index (χ4v) is 3.63. The largest absolute Gasteiger partial charge is 0.495 e. The number of nitriles is 1. The summed E-state index contributed by atoms with van der Waals surface area (Å²) in [5.41, 5.74) is 1.30. The Bertz CT molecular complexity index is 880. The van der Waals surface area contributed by atoms with Gasteiger partial charge in [-0.25, -0.2) is 4.98 Å². The number of aromatic nitrogens is 3. The Balaban J connectivity index is 1.63.